The van der Waals surface area contributed by atoms with Crippen LogP contribution in [-0.4, -0.2) is 27.7 Å². The van der Waals surface area contributed by atoms with Gasteiger partial charge in [0.1, 0.15) is 17.9 Å². The van der Waals surface area contributed by atoms with E-state index < -0.39 is 6.09 Å². The smallest absolute Gasteiger partial charge is 0.407 e. The summed E-state index contributed by atoms with van der Waals surface area (Å²) in [6, 6.07) is 11.6. The number of para-hydroxylation sites is 2. The second kappa shape index (κ2) is 5.94. The van der Waals surface area contributed by atoms with Crippen molar-refractivity contribution < 1.29 is 13.9 Å². The van der Waals surface area contributed by atoms with E-state index in [2.05, 4.69) is 10.3 Å². The molecule has 7 nitrogen and oxygen atoms in total. The summed E-state index contributed by atoms with van der Waals surface area (Å²) >= 11 is 0. The molecule has 0 aliphatic carbocycles. The molecule has 2 aromatic carbocycles. The van der Waals surface area contributed by atoms with Gasteiger partial charge in [-0.1, -0.05) is 18.2 Å². The van der Waals surface area contributed by atoms with Crippen molar-refractivity contribution >= 4 is 28.2 Å². The fraction of sp³-hybridized carbons (Fsp3) is 0.167. The molecule has 4 rings (SSSR count). The molecule has 0 spiro atoms. The number of imidazole rings is 1. The topological polar surface area (TPSA) is 82.2 Å². The predicted octanol–water partition coefficient (Wildman–Crippen LogP) is 3.24. The molecule has 2 heterocycles. The Morgan fingerprint density at radius 3 is 2.96 bits per heavy atom. The molecule has 0 bridgehead atoms. The van der Waals surface area contributed by atoms with Gasteiger partial charge in [-0.2, -0.15) is 0 Å². The van der Waals surface area contributed by atoms with E-state index in [-0.39, 0.29) is 6.61 Å². The number of aryl methyl sites for hydroxylation is 1. The normalized spacial score (nSPS) is 11.1. The van der Waals surface area contributed by atoms with Crippen molar-refractivity contribution in [1.82, 2.24) is 19.9 Å². The zero-order valence-corrected chi connectivity index (χ0v) is 13.8. The lowest BCUT2D eigenvalue weighted by molar-refractivity contribution is 0.142. The van der Waals surface area contributed by atoms with Crippen LogP contribution < -0.4 is 5.32 Å². The first-order valence-electron chi connectivity index (χ1n) is 7.80. The van der Waals surface area contributed by atoms with Crippen LogP contribution in [0.2, 0.25) is 0 Å². The highest BCUT2D eigenvalue weighted by Gasteiger charge is 2.17. The minimum absolute atomic E-state index is 0.153. The number of carbonyl (C=O) groups is 1. The second-order valence-corrected chi connectivity index (χ2v) is 5.61. The highest BCUT2D eigenvalue weighted by molar-refractivity contribution is 5.91. The average molecular weight is 336 g/mol. The molecule has 0 saturated heterocycles. The number of hydrogen-bond acceptors (Lipinski definition) is 5. The molecule has 0 saturated carbocycles. The lowest BCUT2D eigenvalue weighted by Crippen LogP contribution is -2.18. The van der Waals surface area contributed by atoms with Crippen LogP contribution in [0.5, 0.6) is 0 Å². The fourth-order valence-corrected chi connectivity index (χ4v) is 2.91. The molecular formula is C18H16N4O3. The number of ether oxygens (including phenoxy) is 1. The first-order chi connectivity index (χ1) is 12.2. The van der Waals surface area contributed by atoms with Crippen molar-refractivity contribution in [3.63, 3.8) is 0 Å². The molecule has 4 aromatic rings. The van der Waals surface area contributed by atoms with Gasteiger partial charge in [0.15, 0.2) is 12.0 Å². The Labute approximate surface area is 143 Å². The zero-order valence-electron chi connectivity index (χ0n) is 13.8. The van der Waals surface area contributed by atoms with Gasteiger partial charge in [-0.3, -0.25) is 0 Å². The maximum atomic E-state index is 11.4. The van der Waals surface area contributed by atoms with E-state index in [9.17, 15) is 4.79 Å². The zero-order chi connectivity index (χ0) is 17.4. The van der Waals surface area contributed by atoms with Crippen LogP contribution >= 0.6 is 0 Å². The summed E-state index contributed by atoms with van der Waals surface area (Å²) in [4.78, 5) is 20.3. The van der Waals surface area contributed by atoms with Gasteiger partial charge in [-0.05, 0) is 18.2 Å². The van der Waals surface area contributed by atoms with Gasteiger partial charge in [0.25, 0.3) is 0 Å². The van der Waals surface area contributed by atoms with Gasteiger partial charge in [0.2, 0.25) is 0 Å². The van der Waals surface area contributed by atoms with E-state index in [4.69, 9.17) is 14.1 Å². The molecule has 126 valence electrons. The van der Waals surface area contributed by atoms with Gasteiger partial charge in [-0.25, -0.2) is 14.8 Å². The molecule has 7 heteroatoms. The SMILES string of the molecule is CNC(=O)OCc1cccc2c1nc(-c1cccc3ncoc13)n2C. The molecule has 0 atom stereocenters. The first kappa shape index (κ1) is 15.2. The molecule has 0 aliphatic heterocycles. The Hall–Kier alpha value is -3.35. The van der Waals surface area contributed by atoms with E-state index in [0.29, 0.717) is 5.58 Å². The summed E-state index contributed by atoms with van der Waals surface area (Å²) in [7, 11) is 3.48. The highest BCUT2D eigenvalue weighted by atomic mass is 16.5. The van der Waals surface area contributed by atoms with E-state index in [1.807, 2.05) is 48.0 Å². The van der Waals surface area contributed by atoms with Crippen molar-refractivity contribution in [2.24, 2.45) is 7.05 Å². The quantitative estimate of drug-likeness (QED) is 0.621. The van der Waals surface area contributed by atoms with Crippen molar-refractivity contribution in [1.29, 1.82) is 0 Å². The monoisotopic (exact) mass is 336 g/mol. The van der Waals surface area contributed by atoms with E-state index in [0.717, 1.165) is 33.5 Å². The highest BCUT2D eigenvalue weighted by Crippen LogP contribution is 2.30. The van der Waals surface area contributed by atoms with Crippen molar-refractivity contribution in [2.75, 3.05) is 7.05 Å². The number of carbonyl (C=O) groups excluding carboxylic acids is 1. The van der Waals surface area contributed by atoms with Crippen LogP contribution in [0.1, 0.15) is 5.56 Å². The third-order valence-corrected chi connectivity index (χ3v) is 4.16. The second-order valence-electron chi connectivity index (χ2n) is 5.61. The number of benzene rings is 2. The number of hydrogen-bond donors (Lipinski definition) is 1. The van der Waals surface area contributed by atoms with E-state index in [1.165, 1.54) is 13.4 Å². The van der Waals surface area contributed by atoms with E-state index in [1.54, 1.807) is 0 Å². The van der Waals surface area contributed by atoms with Crippen LogP contribution in [0.25, 0.3) is 33.5 Å². The Morgan fingerprint density at radius 2 is 2.12 bits per heavy atom. The van der Waals surface area contributed by atoms with Crippen molar-refractivity contribution in [3.8, 4) is 11.4 Å². The van der Waals surface area contributed by atoms with Crippen LogP contribution in [0.3, 0.4) is 0 Å². The van der Waals surface area contributed by atoms with Gasteiger partial charge in [0, 0.05) is 19.7 Å². The molecular weight excluding hydrogens is 320 g/mol. The third-order valence-electron chi connectivity index (χ3n) is 4.16. The number of oxazole rings is 1. The number of alkyl carbamates (subject to hydrolysis) is 1. The predicted molar refractivity (Wildman–Crippen MR) is 93.0 cm³/mol. The van der Waals surface area contributed by atoms with Gasteiger partial charge in [0.05, 0.1) is 16.6 Å². The van der Waals surface area contributed by atoms with Gasteiger partial charge >= 0.3 is 6.09 Å². The summed E-state index contributed by atoms with van der Waals surface area (Å²) in [5.41, 5.74) is 4.93. The van der Waals surface area contributed by atoms with Crippen LogP contribution in [0.15, 0.2) is 47.2 Å². The van der Waals surface area contributed by atoms with Crippen LogP contribution in [0.4, 0.5) is 4.79 Å². The fourth-order valence-electron chi connectivity index (χ4n) is 2.91. The third kappa shape index (κ3) is 2.50. The van der Waals surface area contributed by atoms with Gasteiger partial charge in [-0.15, -0.1) is 0 Å². The lowest BCUT2D eigenvalue weighted by atomic mass is 10.2. The minimum Gasteiger partial charge on any atom is -0.445 e. The van der Waals surface area contributed by atoms with E-state index >= 15 is 0 Å². The van der Waals surface area contributed by atoms with Crippen molar-refractivity contribution in [2.45, 2.75) is 6.61 Å². The standard InChI is InChI=1S/C18H16N4O3/c1-19-18(23)24-9-11-5-3-8-14-15(11)21-17(22(14)2)12-6-4-7-13-16(12)25-10-20-13/h3-8,10H,9H2,1-2H3,(H,19,23). The molecule has 1 amide bonds. The molecule has 25 heavy (non-hydrogen) atoms. The summed E-state index contributed by atoms with van der Waals surface area (Å²) in [6.45, 7) is 0.153. The molecule has 2 aromatic heterocycles. The lowest BCUT2D eigenvalue weighted by Gasteiger charge is -2.05. The maximum Gasteiger partial charge on any atom is 0.407 e. The average Bonchev–Trinajstić information content (AvgIpc) is 3.24. The Balaban J connectivity index is 1.85. The van der Waals surface area contributed by atoms with Gasteiger partial charge < -0.3 is 19.0 Å². The van der Waals surface area contributed by atoms with Crippen LogP contribution in [-0.2, 0) is 18.4 Å². The van der Waals surface area contributed by atoms with Crippen LogP contribution in [0, 0.1) is 0 Å². The Morgan fingerprint density at radius 1 is 1.28 bits per heavy atom. The Bertz CT molecular complexity index is 1080. The summed E-state index contributed by atoms with van der Waals surface area (Å²) in [6.07, 6.45) is 0.957. The largest absolute Gasteiger partial charge is 0.445 e. The number of rotatable bonds is 3. The molecule has 0 radical (unpaired) electrons. The molecule has 0 unspecified atom stereocenters. The molecule has 1 N–H and O–H groups in total. The Kier molecular flexibility index (Phi) is 3.61. The summed E-state index contributed by atoms with van der Waals surface area (Å²) in [5, 5.41) is 2.44. The summed E-state index contributed by atoms with van der Waals surface area (Å²) in [5.74, 6) is 0.768. The number of aromatic nitrogens is 3. The number of nitrogens with zero attached hydrogens (tertiary/aromatic N) is 3. The number of fused-ring (bicyclic) bond motifs is 2. The summed E-state index contributed by atoms with van der Waals surface area (Å²) < 4.78 is 12.7. The maximum absolute atomic E-state index is 11.4. The number of amides is 1. The first-order valence-corrected chi connectivity index (χ1v) is 7.80. The van der Waals surface area contributed by atoms with Crippen molar-refractivity contribution in [3.05, 3.63) is 48.4 Å². The number of nitrogens with one attached hydrogen (secondary N) is 1. The molecule has 0 aliphatic rings. The molecule has 0 fully saturated rings. The minimum atomic E-state index is -0.473.